The van der Waals surface area contributed by atoms with Gasteiger partial charge in [0, 0.05) is 0 Å². The van der Waals surface area contributed by atoms with Crippen LogP contribution in [-0.4, -0.2) is 11.1 Å². The fourth-order valence-corrected chi connectivity index (χ4v) is 1.57. The smallest absolute Gasteiger partial charge is 0.116 e. The van der Waals surface area contributed by atoms with Gasteiger partial charge in [0.2, 0.25) is 0 Å². The van der Waals surface area contributed by atoms with E-state index < -0.39 is 11.1 Å². The van der Waals surface area contributed by atoms with E-state index in [1.807, 2.05) is 27.7 Å². The van der Waals surface area contributed by atoms with Gasteiger partial charge in [-0.15, -0.1) is 0 Å². The maximum atomic E-state index is 9.08. The number of nitrogens with one attached hydrogen (secondary N) is 2. The monoisotopic (exact) mass is 222 g/mol. The largest absolute Gasteiger partial charge is 0.236 e. The van der Waals surface area contributed by atoms with Crippen molar-refractivity contribution in [3.8, 4) is 12.1 Å². The topological polar surface area (TPSA) is 71.6 Å². The molecule has 0 rings (SSSR count). The molecule has 0 amide bonds. The van der Waals surface area contributed by atoms with E-state index in [0.717, 1.165) is 25.7 Å². The molecule has 0 aliphatic heterocycles. The third-order valence-electron chi connectivity index (χ3n) is 2.61. The predicted molar refractivity (Wildman–Crippen MR) is 64.1 cm³/mol. The van der Waals surface area contributed by atoms with Crippen LogP contribution in [0, 0.1) is 22.7 Å². The van der Waals surface area contributed by atoms with Crippen LogP contribution in [0.5, 0.6) is 0 Å². The van der Waals surface area contributed by atoms with Gasteiger partial charge in [-0.3, -0.25) is 0 Å². The van der Waals surface area contributed by atoms with Crippen LogP contribution in [0.2, 0.25) is 0 Å². The van der Waals surface area contributed by atoms with Crippen LogP contribution < -0.4 is 10.9 Å². The molecule has 0 aliphatic carbocycles. The summed E-state index contributed by atoms with van der Waals surface area (Å²) in [5.41, 5.74) is 4.76. The fourth-order valence-electron chi connectivity index (χ4n) is 1.57. The van der Waals surface area contributed by atoms with Gasteiger partial charge in [-0.2, -0.15) is 10.5 Å². The average molecular weight is 222 g/mol. The highest BCUT2D eigenvalue weighted by Crippen LogP contribution is 2.13. The summed E-state index contributed by atoms with van der Waals surface area (Å²) < 4.78 is 0. The summed E-state index contributed by atoms with van der Waals surface area (Å²) >= 11 is 0. The maximum Gasteiger partial charge on any atom is 0.116 e. The summed E-state index contributed by atoms with van der Waals surface area (Å²) in [4.78, 5) is 0. The summed E-state index contributed by atoms with van der Waals surface area (Å²) in [5, 5.41) is 18.2. The van der Waals surface area contributed by atoms with Crippen LogP contribution in [0.1, 0.15) is 53.4 Å². The molecule has 0 aromatic heterocycles. The molecule has 0 bridgehead atoms. The van der Waals surface area contributed by atoms with Gasteiger partial charge in [-0.25, -0.2) is 10.9 Å². The standard InChI is InChI=1S/C12H22N4/c1-5-7-11(3,9-13)15-16-12(4,10-14)8-6-2/h15-16H,5-8H2,1-4H3. The molecule has 0 aromatic carbocycles. The summed E-state index contributed by atoms with van der Waals surface area (Å²) in [5.74, 6) is 0. The van der Waals surface area contributed by atoms with Gasteiger partial charge in [0.1, 0.15) is 11.1 Å². The Bertz CT molecular complexity index is 258. The normalized spacial score (nSPS) is 17.9. The zero-order valence-corrected chi connectivity index (χ0v) is 10.7. The average Bonchev–Trinajstić information content (AvgIpc) is 2.27. The van der Waals surface area contributed by atoms with Gasteiger partial charge in [-0.05, 0) is 26.7 Å². The van der Waals surface area contributed by atoms with Crippen molar-refractivity contribution in [3.05, 3.63) is 0 Å². The van der Waals surface area contributed by atoms with Gasteiger partial charge in [0.15, 0.2) is 0 Å². The van der Waals surface area contributed by atoms with E-state index in [9.17, 15) is 0 Å². The number of hydrogen-bond donors (Lipinski definition) is 2. The molecule has 0 heterocycles. The molecule has 0 saturated carbocycles. The molecule has 4 nitrogen and oxygen atoms in total. The third kappa shape index (κ3) is 4.61. The van der Waals surface area contributed by atoms with Crippen molar-refractivity contribution in [2.24, 2.45) is 0 Å². The Balaban J connectivity index is 4.41. The summed E-state index contributed by atoms with van der Waals surface area (Å²) in [7, 11) is 0. The summed E-state index contributed by atoms with van der Waals surface area (Å²) in [6, 6.07) is 4.47. The second-order valence-electron chi connectivity index (χ2n) is 4.64. The Morgan fingerprint density at radius 1 is 0.875 bits per heavy atom. The molecule has 90 valence electrons. The Labute approximate surface area is 98.6 Å². The molecule has 0 aromatic rings. The third-order valence-corrected chi connectivity index (χ3v) is 2.61. The minimum atomic E-state index is -0.611. The number of nitriles is 2. The van der Waals surface area contributed by atoms with Crippen molar-refractivity contribution in [2.45, 2.75) is 64.5 Å². The molecule has 0 aliphatic rings. The van der Waals surface area contributed by atoms with E-state index in [4.69, 9.17) is 10.5 Å². The first-order valence-corrected chi connectivity index (χ1v) is 5.82. The Morgan fingerprint density at radius 3 is 1.38 bits per heavy atom. The Morgan fingerprint density at radius 2 is 1.19 bits per heavy atom. The number of hydrogen-bond acceptors (Lipinski definition) is 4. The van der Waals surface area contributed by atoms with Crippen LogP contribution in [0.4, 0.5) is 0 Å². The molecule has 0 spiro atoms. The van der Waals surface area contributed by atoms with Crippen molar-refractivity contribution in [2.75, 3.05) is 0 Å². The number of nitrogens with zero attached hydrogens (tertiary/aromatic N) is 2. The van der Waals surface area contributed by atoms with E-state index >= 15 is 0 Å². The molecule has 0 fully saturated rings. The fraction of sp³-hybridized carbons (Fsp3) is 0.833. The zero-order valence-electron chi connectivity index (χ0n) is 10.7. The highest BCUT2D eigenvalue weighted by Gasteiger charge is 2.28. The zero-order chi connectivity index (χ0) is 12.7. The number of rotatable bonds is 7. The molecule has 16 heavy (non-hydrogen) atoms. The first-order valence-electron chi connectivity index (χ1n) is 5.82. The first kappa shape index (κ1) is 14.9. The number of hydrazine groups is 1. The van der Waals surface area contributed by atoms with Crippen LogP contribution in [0.25, 0.3) is 0 Å². The lowest BCUT2D eigenvalue weighted by Gasteiger charge is -2.30. The van der Waals surface area contributed by atoms with Gasteiger partial charge in [-0.1, -0.05) is 26.7 Å². The lowest BCUT2D eigenvalue weighted by atomic mass is 9.97. The molecule has 2 unspecified atom stereocenters. The van der Waals surface area contributed by atoms with Crippen molar-refractivity contribution in [1.82, 2.24) is 10.9 Å². The van der Waals surface area contributed by atoms with Crippen LogP contribution in [0.15, 0.2) is 0 Å². The molecule has 0 radical (unpaired) electrons. The van der Waals surface area contributed by atoms with Crippen molar-refractivity contribution in [3.63, 3.8) is 0 Å². The van der Waals surface area contributed by atoms with Gasteiger partial charge < -0.3 is 0 Å². The maximum absolute atomic E-state index is 9.08. The lowest BCUT2D eigenvalue weighted by molar-refractivity contribution is 0.275. The minimum Gasteiger partial charge on any atom is -0.236 e. The minimum absolute atomic E-state index is 0.611. The van der Waals surface area contributed by atoms with Crippen molar-refractivity contribution in [1.29, 1.82) is 10.5 Å². The molecular formula is C12H22N4. The van der Waals surface area contributed by atoms with Crippen LogP contribution in [-0.2, 0) is 0 Å². The van der Waals surface area contributed by atoms with Gasteiger partial charge >= 0.3 is 0 Å². The molecule has 4 heteroatoms. The van der Waals surface area contributed by atoms with E-state index in [0.29, 0.717) is 0 Å². The van der Waals surface area contributed by atoms with Crippen molar-refractivity contribution < 1.29 is 0 Å². The lowest BCUT2D eigenvalue weighted by Crippen LogP contribution is -2.57. The van der Waals surface area contributed by atoms with E-state index in [1.165, 1.54) is 0 Å². The Kier molecular flexibility index (Phi) is 6.03. The second-order valence-corrected chi connectivity index (χ2v) is 4.64. The Hall–Kier alpha value is -1.10. The second kappa shape index (κ2) is 6.48. The summed E-state index contributed by atoms with van der Waals surface area (Å²) in [6.45, 7) is 7.75. The van der Waals surface area contributed by atoms with E-state index in [1.54, 1.807) is 0 Å². The van der Waals surface area contributed by atoms with E-state index in [-0.39, 0.29) is 0 Å². The highest BCUT2D eigenvalue weighted by molar-refractivity contribution is 5.07. The quantitative estimate of drug-likeness (QED) is 0.648. The molecule has 2 atom stereocenters. The summed E-state index contributed by atoms with van der Waals surface area (Å²) in [6.07, 6.45) is 3.36. The molecule has 2 N–H and O–H groups in total. The van der Waals surface area contributed by atoms with Crippen LogP contribution in [0.3, 0.4) is 0 Å². The van der Waals surface area contributed by atoms with Crippen LogP contribution >= 0.6 is 0 Å². The first-order chi connectivity index (χ1) is 7.45. The highest BCUT2D eigenvalue weighted by atomic mass is 15.4. The predicted octanol–water partition coefficient (Wildman–Crippen LogP) is 2.25. The van der Waals surface area contributed by atoms with Gasteiger partial charge in [0.05, 0.1) is 12.1 Å². The molecule has 0 saturated heterocycles. The SMILES string of the molecule is CCCC(C)(C#N)NNC(C)(C#N)CCC. The van der Waals surface area contributed by atoms with E-state index in [2.05, 4.69) is 23.0 Å². The van der Waals surface area contributed by atoms with Gasteiger partial charge in [0.25, 0.3) is 0 Å². The molecular weight excluding hydrogens is 200 g/mol. The van der Waals surface area contributed by atoms with Crippen molar-refractivity contribution >= 4 is 0 Å².